The van der Waals surface area contributed by atoms with Gasteiger partial charge in [-0.1, -0.05) is 158 Å². The molecule has 2 heteroatoms. The van der Waals surface area contributed by atoms with E-state index in [2.05, 4.69) is 228 Å². The minimum atomic E-state index is 1.09. The first kappa shape index (κ1) is 31.6. The number of para-hydroxylation sites is 3. The third-order valence-electron chi connectivity index (χ3n) is 10.6. The largest absolute Gasteiger partial charge is 0.310 e. The number of hydrogen-bond acceptors (Lipinski definition) is 1. The van der Waals surface area contributed by atoms with E-state index in [1.165, 1.54) is 71.6 Å². The summed E-state index contributed by atoms with van der Waals surface area (Å²) in [5, 5.41) is 5.01. The number of benzene rings is 9. The number of anilines is 3. The Kier molecular flexibility index (Phi) is 7.85. The third kappa shape index (κ3) is 5.62. The molecule has 0 bridgehead atoms. The molecule has 10 rings (SSSR count). The molecule has 10 aromatic rings. The Balaban J connectivity index is 1.08. The van der Waals surface area contributed by atoms with Gasteiger partial charge in [0.15, 0.2) is 0 Å². The van der Waals surface area contributed by atoms with Crippen LogP contribution in [0.15, 0.2) is 218 Å². The maximum atomic E-state index is 2.41. The Hall–Kier alpha value is -7.16. The van der Waals surface area contributed by atoms with Gasteiger partial charge >= 0.3 is 0 Å². The average Bonchev–Trinajstić information content (AvgIpc) is 3.59. The molecule has 0 aliphatic carbocycles. The van der Waals surface area contributed by atoms with Crippen LogP contribution >= 0.6 is 0 Å². The van der Waals surface area contributed by atoms with Gasteiger partial charge in [-0.3, -0.25) is 0 Å². The SMILES string of the molecule is c1ccc(-c2ccc(N(c3ccc(-c4ccccc4-n4c5ccccc5c5ccccc54)cc3)c3cccc(-c4ccc5ccccc5c4)c3)cc2)cc1. The Bertz CT molecular complexity index is 2870. The van der Waals surface area contributed by atoms with Crippen LogP contribution in [0.5, 0.6) is 0 Å². The van der Waals surface area contributed by atoms with E-state index in [0.717, 1.165) is 17.1 Å². The Morgan fingerprint density at radius 3 is 1.54 bits per heavy atom. The highest BCUT2D eigenvalue weighted by Gasteiger charge is 2.17. The smallest absolute Gasteiger partial charge is 0.0541 e. The molecule has 0 saturated heterocycles. The van der Waals surface area contributed by atoms with Crippen LogP contribution in [-0.4, -0.2) is 4.57 Å². The van der Waals surface area contributed by atoms with E-state index in [0.29, 0.717) is 0 Å². The molecule has 0 aliphatic heterocycles. The first-order valence-electron chi connectivity index (χ1n) is 18.5. The summed E-state index contributed by atoms with van der Waals surface area (Å²) in [5.74, 6) is 0. The first-order chi connectivity index (χ1) is 26.8. The minimum Gasteiger partial charge on any atom is -0.310 e. The summed E-state index contributed by atoms with van der Waals surface area (Å²) in [6, 6.07) is 78.9. The molecule has 0 unspecified atom stereocenters. The van der Waals surface area contributed by atoms with Gasteiger partial charge in [0.2, 0.25) is 0 Å². The summed E-state index contributed by atoms with van der Waals surface area (Å²) >= 11 is 0. The highest BCUT2D eigenvalue weighted by atomic mass is 15.1. The molecule has 54 heavy (non-hydrogen) atoms. The van der Waals surface area contributed by atoms with E-state index < -0.39 is 0 Å². The lowest BCUT2D eigenvalue weighted by molar-refractivity contribution is 1.18. The third-order valence-corrected chi connectivity index (χ3v) is 10.6. The van der Waals surface area contributed by atoms with Gasteiger partial charge in [0.05, 0.1) is 16.7 Å². The Labute approximate surface area is 315 Å². The quantitative estimate of drug-likeness (QED) is 0.162. The molecular formula is C52H36N2. The predicted octanol–water partition coefficient (Wildman–Crippen LogP) is 14.4. The molecule has 0 atom stereocenters. The first-order valence-corrected chi connectivity index (χ1v) is 18.5. The van der Waals surface area contributed by atoms with Crippen molar-refractivity contribution in [1.29, 1.82) is 0 Å². The second-order valence-electron chi connectivity index (χ2n) is 13.8. The fraction of sp³-hybridized carbons (Fsp3) is 0. The van der Waals surface area contributed by atoms with E-state index in [-0.39, 0.29) is 0 Å². The molecule has 1 heterocycles. The molecule has 0 radical (unpaired) electrons. The molecule has 9 aromatic carbocycles. The number of fused-ring (bicyclic) bond motifs is 4. The van der Waals surface area contributed by atoms with Crippen molar-refractivity contribution in [2.24, 2.45) is 0 Å². The van der Waals surface area contributed by atoms with Crippen LogP contribution in [0.25, 0.3) is 71.6 Å². The van der Waals surface area contributed by atoms with Crippen molar-refractivity contribution in [2.75, 3.05) is 4.90 Å². The maximum absolute atomic E-state index is 2.41. The summed E-state index contributed by atoms with van der Waals surface area (Å²) in [6.07, 6.45) is 0. The molecule has 0 aliphatic rings. The van der Waals surface area contributed by atoms with Crippen molar-refractivity contribution in [3.63, 3.8) is 0 Å². The van der Waals surface area contributed by atoms with Gasteiger partial charge in [0.25, 0.3) is 0 Å². The van der Waals surface area contributed by atoms with E-state index in [4.69, 9.17) is 0 Å². The summed E-state index contributed by atoms with van der Waals surface area (Å²) in [6.45, 7) is 0. The van der Waals surface area contributed by atoms with Crippen molar-refractivity contribution in [1.82, 2.24) is 4.57 Å². The van der Waals surface area contributed by atoms with Crippen LogP contribution in [0.4, 0.5) is 17.1 Å². The summed E-state index contributed by atoms with van der Waals surface area (Å²) in [4.78, 5) is 2.36. The molecule has 0 N–H and O–H groups in total. The van der Waals surface area contributed by atoms with Gasteiger partial charge < -0.3 is 9.47 Å². The van der Waals surface area contributed by atoms with Crippen LogP contribution in [0.2, 0.25) is 0 Å². The predicted molar refractivity (Wildman–Crippen MR) is 229 cm³/mol. The van der Waals surface area contributed by atoms with Crippen molar-refractivity contribution in [2.45, 2.75) is 0 Å². The lowest BCUT2D eigenvalue weighted by Gasteiger charge is -2.26. The molecule has 0 fully saturated rings. The average molecular weight is 689 g/mol. The molecule has 0 spiro atoms. The monoisotopic (exact) mass is 688 g/mol. The summed E-state index contributed by atoms with van der Waals surface area (Å²) < 4.78 is 2.41. The highest BCUT2D eigenvalue weighted by Crippen LogP contribution is 2.40. The number of nitrogens with zero attached hydrogens (tertiary/aromatic N) is 2. The second kappa shape index (κ2) is 13.4. The van der Waals surface area contributed by atoms with Crippen LogP contribution in [0, 0.1) is 0 Å². The molecule has 1 aromatic heterocycles. The number of aromatic nitrogens is 1. The highest BCUT2D eigenvalue weighted by molar-refractivity contribution is 6.09. The summed E-state index contributed by atoms with van der Waals surface area (Å²) in [7, 11) is 0. The van der Waals surface area contributed by atoms with Gasteiger partial charge in [-0.25, -0.2) is 0 Å². The van der Waals surface area contributed by atoms with E-state index >= 15 is 0 Å². The molecule has 2 nitrogen and oxygen atoms in total. The number of hydrogen-bond donors (Lipinski definition) is 0. The Morgan fingerprint density at radius 1 is 0.296 bits per heavy atom. The van der Waals surface area contributed by atoms with Gasteiger partial charge in [0, 0.05) is 33.4 Å². The van der Waals surface area contributed by atoms with Gasteiger partial charge in [0.1, 0.15) is 0 Å². The number of rotatable bonds is 7. The molecular weight excluding hydrogens is 653 g/mol. The van der Waals surface area contributed by atoms with Crippen molar-refractivity contribution in [3.8, 4) is 39.1 Å². The van der Waals surface area contributed by atoms with Gasteiger partial charge in [-0.05, 0) is 99.3 Å². The zero-order valence-corrected chi connectivity index (χ0v) is 29.7. The fourth-order valence-corrected chi connectivity index (χ4v) is 7.96. The van der Waals surface area contributed by atoms with Crippen LogP contribution in [0.1, 0.15) is 0 Å². The molecule has 0 amide bonds. The van der Waals surface area contributed by atoms with E-state index in [1.54, 1.807) is 0 Å². The van der Waals surface area contributed by atoms with Crippen molar-refractivity contribution < 1.29 is 0 Å². The van der Waals surface area contributed by atoms with E-state index in [1.807, 2.05) is 0 Å². The normalized spacial score (nSPS) is 11.3. The van der Waals surface area contributed by atoms with Gasteiger partial charge in [-0.15, -0.1) is 0 Å². The Morgan fingerprint density at radius 2 is 0.815 bits per heavy atom. The fourth-order valence-electron chi connectivity index (χ4n) is 7.96. The molecule has 254 valence electrons. The van der Waals surface area contributed by atoms with Crippen LogP contribution < -0.4 is 4.90 Å². The second-order valence-corrected chi connectivity index (χ2v) is 13.8. The lowest BCUT2D eigenvalue weighted by Crippen LogP contribution is -2.10. The topological polar surface area (TPSA) is 8.17 Å². The zero-order chi connectivity index (χ0) is 35.8. The van der Waals surface area contributed by atoms with Crippen LogP contribution in [-0.2, 0) is 0 Å². The van der Waals surface area contributed by atoms with Crippen LogP contribution in [0.3, 0.4) is 0 Å². The minimum absolute atomic E-state index is 1.09. The van der Waals surface area contributed by atoms with Gasteiger partial charge in [-0.2, -0.15) is 0 Å². The molecule has 0 saturated carbocycles. The van der Waals surface area contributed by atoms with E-state index in [9.17, 15) is 0 Å². The zero-order valence-electron chi connectivity index (χ0n) is 29.7. The van der Waals surface area contributed by atoms with Crippen molar-refractivity contribution in [3.05, 3.63) is 218 Å². The summed E-state index contributed by atoms with van der Waals surface area (Å²) in [5.41, 5.74) is 14.0. The lowest BCUT2D eigenvalue weighted by atomic mass is 10.00. The van der Waals surface area contributed by atoms with Crippen molar-refractivity contribution >= 4 is 49.6 Å². The standard InChI is InChI=1S/C52H36N2/c1-2-13-37(14-3-1)39-27-31-44(32-28-39)53(46-18-12-17-42(36-46)43-26-25-38-15-4-5-16-41(38)35-43)45-33-29-40(30-34-45)47-19-6-9-22-50(47)54-51-23-10-7-20-48(51)49-21-8-11-24-52(49)54/h1-36H. The maximum Gasteiger partial charge on any atom is 0.0541 e.